The lowest BCUT2D eigenvalue weighted by atomic mass is 10.2. The van der Waals surface area contributed by atoms with E-state index < -0.39 is 6.09 Å². The molecule has 0 aliphatic carbocycles. The number of phenols is 1. The Balaban J connectivity index is 2.71. The Morgan fingerprint density at radius 3 is 2.72 bits per heavy atom. The van der Waals surface area contributed by atoms with Crippen LogP contribution in [0.15, 0.2) is 22.8 Å². The van der Waals surface area contributed by atoms with Crippen molar-refractivity contribution in [3.63, 3.8) is 0 Å². The highest BCUT2D eigenvalue weighted by atomic mass is 79.9. The van der Waals surface area contributed by atoms with E-state index in [0.29, 0.717) is 9.99 Å². The van der Waals surface area contributed by atoms with E-state index in [1.807, 2.05) is 0 Å². The Morgan fingerprint density at radius 2 is 2.17 bits per heavy atom. The molecular weight excluding hydrogens is 302 g/mol. The zero-order chi connectivity index (χ0) is 13.4. The zero-order valence-corrected chi connectivity index (χ0v) is 11.4. The highest BCUT2D eigenvalue weighted by molar-refractivity contribution is 9.10. The minimum atomic E-state index is -1.11. The number of aromatic nitrogens is 2. The Labute approximate surface area is 112 Å². The maximum atomic E-state index is 11.3. The number of fused-ring (bicyclic) bond motifs is 1. The third-order valence-electron chi connectivity index (χ3n) is 2.52. The van der Waals surface area contributed by atoms with Crippen molar-refractivity contribution < 1.29 is 15.0 Å². The van der Waals surface area contributed by atoms with E-state index in [4.69, 9.17) is 0 Å². The molecule has 0 saturated heterocycles. The molecule has 6 nitrogen and oxygen atoms in total. The van der Waals surface area contributed by atoms with Gasteiger partial charge < -0.3 is 10.2 Å². The lowest BCUT2D eigenvalue weighted by Gasteiger charge is -2.23. The van der Waals surface area contributed by atoms with Crippen molar-refractivity contribution in [3.05, 3.63) is 22.8 Å². The monoisotopic (exact) mass is 313 g/mol. The molecule has 0 saturated carbocycles. The second-order valence-electron chi connectivity index (χ2n) is 4.09. The van der Waals surface area contributed by atoms with Crippen molar-refractivity contribution in [1.82, 2.24) is 9.89 Å². The normalized spacial score (nSPS) is 11.1. The summed E-state index contributed by atoms with van der Waals surface area (Å²) < 4.78 is 0.421. The SMILES string of the molecule is CC(C)N(C(=O)O)n1ncc2ccc(O)c(Br)c21. The van der Waals surface area contributed by atoms with Crippen LogP contribution in [0.4, 0.5) is 4.79 Å². The molecule has 1 aromatic heterocycles. The Morgan fingerprint density at radius 1 is 1.50 bits per heavy atom. The first-order chi connectivity index (χ1) is 8.43. The van der Waals surface area contributed by atoms with Crippen LogP contribution in [0.3, 0.4) is 0 Å². The fraction of sp³-hybridized carbons (Fsp3) is 0.273. The van der Waals surface area contributed by atoms with Gasteiger partial charge in [0.25, 0.3) is 0 Å². The van der Waals surface area contributed by atoms with Crippen molar-refractivity contribution in [3.8, 4) is 5.75 Å². The van der Waals surface area contributed by atoms with Gasteiger partial charge in [0, 0.05) is 5.39 Å². The van der Waals surface area contributed by atoms with Gasteiger partial charge in [-0.2, -0.15) is 14.9 Å². The van der Waals surface area contributed by atoms with E-state index >= 15 is 0 Å². The molecular formula is C11H12BrN3O3. The van der Waals surface area contributed by atoms with Crippen molar-refractivity contribution in [2.75, 3.05) is 5.01 Å². The van der Waals surface area contributed by atoms with Crippen LogP contribution >= 0.6 is 15.9 Å². The van der Waals surface area contributed by atoms with Crippen molar-refractivity contribution >= 4 is 32.9 Å². The van der Waals surface area contributed by atoms with E-state index in [0.717, 1.165) is 10.4 Å². The number of hydrogen-bond donors (Lipinski definition) is 2. The van der Waals surface area contributed by atoms with Gasteiger partial charge in [-0.25, -0.2) is 4.79 Å². The number of rotatable bonds is 2. The molecule has 1 amide bonds. The first-order valence-corrected chi connectivity index (χ1v) is 6.10. The molecule has 2 aromatic rings. The highest BCUT2D eigenvalue weighted by Crippen LogP contribution is 2.32. The first kappa shape index (κ1) is 12.7. The number of halogens is 1. The van der Waals surface area contributed by atoms with Crippen LogP contribution in [0.5, 0.6) is 5.75 Å². The van der Waals surface area contributed by atoms with Gasteiger partial charge in [0.15, 0.2) is 0 Å². The molecule has 96 valence electrons. The molecule has 18 heavy (non-hydrogen) atoms. The maximum Gasteiger partial charge on any atom is 0.428 e. The summed E-state index contributed by atoms with van der Waals surface area (Å²) in [6.45, 7) is 3.50. The molecule has 2 N–H and O–H groups in total. The van der Waals surface area contributed by atoms with Crippen LogP contribution in [-0.4, -0.2) is 32.2 Å². The number of phenolic OH excluding ortho intramolecular Hbond substituents is 1. The molecule has 0 aliphatic heterocycles. The van der Waals surface area contributed by atoms with Crippen LogP contribution in [-0.2, 0) is 0 Å². The number of amides is 1. The van der Waals surface area contributed by atoms with Gasteiger partial charge in [0.1, 0.15) is 11.3 Å². The van der Waals surface area contributed by atoms with Gasteiger partial charge in [-0.05, 0) is 41.9 Å². The predicted molar refractivity (Wildman–Crippen MR) is 70.5 cm³/mol. The predicted octanol–water partition coefficient (Wildman–Crippen LogP) is 2.53. The van der Waals surface area contributed by atoms with Crippen LogP contribution < -0.4 is 5.01 Å². The van der Waals surface area contributed by atoms with Gasteiger partial charge in [0.2, 0.25) is 0 Å². The summed E-state index contributed by atoms with van der Waals surface area (Å²) in [6, 6.07) is 2.93. The minimum absolute atomic E-state index is 0.0401. The molecule has 0 atom stereocenters. The highest BCUT2D eigenvalue weighted by Gasteiger charge is 2.22. The molecule has 0 radical (unpaired) electrons. The number of nitrogens with zero attached hydrogens (tertiary/aromatic N) is 3. The van der Waals surface area contributed by atoms with Gasteiger partial charge in [-0.15, -0.1) is 0 Å². The molecule has 0 fully saturated rings. The summed E-state index contributed by atoms with van der Waals surface area (Å²) in [5.41, 5.74) is 0.520. The van der Waals surface area contributed by atoms with Gasteiger partial charge in [0.05, 0.1) is 16.7 Å². The second kappa shape index (κ2) is 4.49. The number of hydrogen-bond acceptors (Lipinski definition) is 3. The Kier molecular flexibility index (Phi) is 3.16. The second-order valence-corrected chi connectivity index (χ2v) is 4.88. The van der Waals surface area contributed by atoms with E-state index in [1.165, 1.54) is 10.9 Å². The van der Waals surface area contributed by atoms with Gasteiger partial charge in [-0.1, -0.05) is 0 Å². The molecule has 1 heterocycles. The van der Waals surface area contributed by atoms with Gasteiger partial charge in [-0.3, -0.25) is 0 Å². The lowest BCUT2D eigenvalue weighted by molar-refractivity contribution is 0.190. The number of carbonyl (C=O) groups is 1. The molecule has 1 aromatic carbocycles. The summed E-state index contributed by atoms with van der Waals surface area (Å²) in [6.07, 6.45) is 0.447. The third kappa shape index (κ3) is 1.90. The van der Waals surface area contributed by atoms with Crippen LogP contribution in [0.2, 0.25) is 0 Å². The summed E-state index contributed by atoms with van der Waals surface area (Å²) in [4.78, 5) is 12.5. The fourth-order valence-corrected chi connectivity index (χ4v) is 2.25. The maximum absolute atomic E-state index is 11.3. The Hall–Kier alpha value is -1.76. The van der Waals surface area contributed by atoms with Crippen molar-refractivity contribution in [1.29, 1.82) is 0 Å². The quantitative estimate of drug-likeness (QED) is 0.893. The average Bonchev–Trinajstić information content (AvgIpc) is 2.67. The number of benzene rings is 1. The summed E-state index contributed by atoms with van der Waals surface area (Å²) in [5, 5.41) is 24.8. The third-order valence-corrected chi connectivity index (χ3v) is 3.30. The van der Waals surface area contributed by atoms with E-state index in [-0.39, 0.29) is 11.8 Å². The van der Waals surface area contributed by atoms with Crippen molar-refractivity contribution in [2.45, 2.75) is 19.9 Å². The summed E-state index contributed by atoms with van der Waals surface area (Å²) in [5.74, 6) is 0.0401. The van der Waals surface area contributed by atoms with Gasteiger partial charge >= 0.3 is 6.09 Å². The smallest absolute Gasteiger partial charge is 0.428 e. The summed E-state index contributed by atoms with van der Waals surface area (Å²) >= 11 is 3.25. The molecule has 0 unspecified atom stereocenters. The summed E-state index contributed by atoms with van der Waals surface area (Å²) in [7, 11) is 0. The topological polar surface area (TPSA) is 78.6 Å². The van der Waals surface area contributed by atoms with Crippen LogP contribution in [0, 0.1) is 0 Å². The van der Waals surface area contributed by atoms with E-state index in [2.05, 4.69) is 21.0 Å². The average molecular weight is 314 g/mol. The molecule has 7 heteroatoms. The lowest BCUT2D eigenvalue weighted by Crippen LogP contribution is -2.45. The number of carboxylic acid groups (broad SMARTS) is 1. The molecule has 0 spiro atoms. The minimum Gasteiger partial charge on any atom is -0.507 e. The van der Waals surface area contributed by atoms with Crippen molar-refractivity contribution in [2.24, 2.45) is 0 Å². The number of aromatic hydroxyl groups is 1. The zero-order valence-electron chi connectivity index (χ0n) is 9.83. The molecule has 0 bridgehead atoms. The molecule has 2 rings (SSSR count). The van der Waals surface area contributed by atoms with E-state index in [9.17, 15) is 15.0 Å². The standard InChI is InChI=1S/C11H12BrN3O3/c1-6(2)14(11(17)18)15-10-7(5-13-15)3-4-8(16)9(10)12/h3-6,16H,1-2H3,(H,17,18). The molecule has 0 aliphatic rings. The van der Waals surface area contributed by atoms with E-state index in [1.54, 1.807) is 26.1 Å². The largest absolute Gasteiger partial charge is 0.507 e. The van der Waals surface area contributed by atoms with Crippen LogP contribution in [0.1, 0.15) is 13.8 Å². The first-order valence-electron chi connectivity index (χ1n) is 5.31. The van der Waals surface area contributed by atoms with Crippen LogP contribution in [0.25, 0.3) is 10.9 Å². The fourth-order valence-electron chi connectivity index (χ4n) is 1.73. The Bertz CT molecular complexity index is 609.